The normalized spacial score (nSPS) is 41.1. The first-order valence-electron chi connectivity index (χ1n) is 5.65. The molecule has 0 aromatic heterocycles. The Balaban J connectivity index is 2.87. The maximum absolute atomic E-state index is 9.98. The maximum Gasteiger partial charge on any atom is 0.161 e. The zero-order valence-electron chi connectivity index (χ0n) is 10.00. The van der Waals surface area contributed by atoms with Crippen LogP contribution in [0.1, 0.15) is 27.2 Å². The highest BCUT2D eigenvalue weighted by atomic mass is 16.6. The molecular formula is C11H22O5. The van der Waals surface area contributed by atoms with E-state index < -0.39 is 37.1 Å². The van der Waals surface area contributed by atoms with E-state index in [1.54, 1.807) is 0 Å². The topological polar surface area (TPSA) is 90.2 Å². The maximum atomic E-state index is 9.98. The molecule has 1 rings (SSSR count). The number of hydrogen-bond acceptors (Lipinski definition) is 5. The van der Waals surface area contributed by atoms with Gasteiger partial charge in [0, 0.05) is 5.92 Å². The van der Waals surface area contributed by atoms with Crippen molar-refractivity contribution in [3.8, 4) is 0 Å². The molecule has 0 spiro atoms. The Kier molecular flexibility index (Phi) is 4.31. The third kappa shape index (κ3) is 2.38. The van der Waals surface area contributed by atoms with Gasteiger partial charge in [-0.2, -0.15) is 0 Å². The van der Waals surface area contributed by atoms with E-state index in [-0.39, 0.29) is 5.41 Å². The zero-order valence-corrected chi connectivity index (χ0v) is 10.00. The molecule has 0 saturated carbocycles. The van der Waals surface area contributed by atoms with E-state index in [9.17, 15) is 15.3 Å². The van der Waals surface area contributed by atoms with Crippen LogP contribution in [-0.4, -0.2) is 51.6 Å². The van der Waals surface area contributed by atoms with Gasteiger partial charge in [0.2, 0.25) is 0 Å². The monoisotopic (exact) mass is 234 g/mol. The first-order chi connectivity index (χ1) is 7.35. The van der Waals surface area contributed by atoms with Crippen LogP contribution in [-0.2, 0) is 4.74 Å². The number of hydrogen-bond donors (Lipinski definition) is 4. The fraction of sp³-hybridized carbons (Fsp3) is 1.00. The zero-order chi connectivity index (χ0) is 12.5. The lowest BCUT2D eigenvalue weighted by Crippen LogP contribution is -2.59. The Morgan fingerprint density at radius 1 is 1.12 bits per heavy atom. The smallest absolute Gasteiger partial charge is 0.161 e. The summed E-state index contributed by atoms with van der Waals surface area (Å²) in [4.78, 5) is 0. The highest BCUT2D eigenvalue weighted by Crippen LogP contribution is 2.40. The molecule has 1 saturated heterocycles. The van der Waals surface area contributed by atoms with Crippen molar-refractivity contribution in [2.24, 2.45) is 11.3 Å². The van der Waals surface area contributed by atoms with Crippen molar-refractivity contribution in [1.29, 1.82) is 0 Å². The molecule has 0 amide bonds. The van der Waals surface area contributed by atoms with Crippen LogP contribution in [0, 0.1) is 11.3 Å². The summed E-state index contributed by atoms with van der Waals surface area (Å²) in [7, 11) is 0. The van der Waals surface area contributed by atoms with Gasteiger partial charge < -0.3 is 25.2 Å². The molecule has 1 aliphatic rings. The lowest BCUT2D eigenvalue weighted by molar-refractivity contribution is -0.288. The van der Waals surface area contributed by atoms with Crippen LogP contribution in [0.25, 0.3) is 0 Å². The van der Waals surface area contributed by atoms with Crippen molar-refractivity contribution in [2.45, 2.75) is 51.8 Å². The van der Waals surface area contributed by atoms with Crippen molar-refractivity contribution in [3.63, 3.8) is 0 Å². The summed E-state index contributed by atoms with van der Waals surface area (Å²) in [6.07, 6.45) is -3.59. The number of aliphatic hydroxyl groups excluding tert-OH is 4. The predicted molar refractivity (Wildman–Crippen MR) is 57.5 cm³/mol. The number of aliphatic hydroxyl groups is 4. The van der Waals surface area contributed by atoms with Crippen molar-refractivity contribution in [2.75, 3.05) is 6.61 Å². The van der Waals surface area contributed by atoms with E-state index in [4.69, 9.17) is 9.84 Å². The fourth-order valence-electron chi connectivity index (χ4n) is 2.18. The van der Waals surface area contributed by atoms with Gasteiger partial charge in [0.25, 0.3) is 0 Å². The molecule has 1 aliphatic heterocycles. The Hall–Kier alpha value is -0.200. The third-order valence-electron chi connectivity index (χ3n) is 3.71. The quantitative estimate of drug-likeness (QED) is 0.527. The molecule has 0 bridgehead atoms. The lowest BCUT2D eigenvalue weighted by Gasteiger charge is -2.46. The van der Waals surface area contributed by atoms with Crippen LogP contribution < -0.4 is 0 Å². The minimum absolute atomic E-state index is 0.347. The molecular weight excluding hydrogens is 212 g/mol. The Morgan fingerprint density at radius 2 is 1.69 bits per heavy atom. The van der Waals surface area contributed by atoms with Crippen LogP contribution in [0.2, 0.25) is 0 Å². The summed E-state index contributed by atoms with van der Waals surface area (Å²) in [6.45, 7) is 5.33. The van der Waals surface area contributed by atoms with E-state index >= 15 is 0 Å². The first kappa shape index (κ1) is 13.9. The number of rotatable bonds is 3. The third-order valence-corrected chi connectivity index (χ3v) is 3.71. The van der Waals surface area contributed by atoms with Crippen molar-refractivity contribution in [3.05, 3.63) is 0 Å². The molecule has 0 aromatic carbocycles. The van der Waals surface area contributed by atoms with E-state index in [0.29, 0.717) is 0 Å². The SMILES string of the molecule is CCC(C)(C)C1[C@H](O)O[C@@H](CO)[C@H](O)[C@H]1O. The molecule has 1 heterocycles. The molecule has 5 nitrogen and oxygen atoms in total. The van der Waals surface area contributed by atoms with Gasteiger partial charge in [-0.3, -0.25) is 0 Å². The molecule has 1 unspecified atom stereocenters. The average Bonchev–Trinajstić information content (AvgIpc) is 2.23. The molecule has 16 heavy (non-hydrogen) atoms. The van der Waals surface area contributed by atoms with Crippen LogP contribution in [0.3, 0.4) is 0 Å². The lowest BCUT2D eigenvalue weighted by atomic mass is 9.70. The van der Waals surface area contributed by atoms with E-state index in [1.165, 1.54) is 0 Å². The van der Waals surface area contributed by atoms with Crippen LogP contribution in [0.15, 0.2) is 0 Å². The van der Waals surface area contributed by atoms with Gasteiger partial charge in [-0.15, -0.1) is 0 Å². The minimum atomic E-state index is -1.16. The molecule has 0 aromatic rings. The second kappa shape index (κ2) is 4.98. The highest BCUT2D eigenvalue weighted by molar-refractivity contribution is 4.94. The largest absolute Gasteiger partial charge is 0.394 e. The van der Waals surface area contributed by atoms with E-state index in [2.05, 4.69) is 0 Å². The Bertz CT molecular complexity index is 230. The van der Waals surface area contributed by atoms with E-state index in [0.717, 1.165) is 6.42 Å². The van der Waals surface area contributed by atoms with Gasteiger partial charge >= 0.3 is 0 Å². The van der Waals surface area contributed by atoms with Gasteiger partial charge in [-0.1, -0.05) is 27.2 Å². The Labute approximate surface area is 95.7 Å². The van der Waals surface area contributed by atoms with Crippen LogP contribution in [0.4, 0.5) is 0 Å². The summed E-state index contributed by atoms with van der Waals surface area (Å²) in [5, 5.41) is 38.5. The summed E-state index contributed by atoms with van der Waals surface area (Å²) in [5.41, 5.74) is -0.347. The predicted octanol–water partition coefficient (Wildman–Crippen LogP) is -0.530. The average molecular weight is 234 g/mol. The van der Waals surface area contributed by atoms with Gasteiger partial charge in [0.05, 0.1) is 12.7 Å². The van der Waals surface area contributed by atoms with Gasteiger partial charge in [0.1, 0.15) is 12.2 Å². The van der Waals surface area contributed by atoms with Crippen LogP contribution in [0.5, 0.6) is 0 Å². The van der Waals surface area contributed by atoms with Crippen molar-refractivity contribution < 1.29 is 25.2 Å². The summed E-state index contributed by atoms with van der Waals surface area (Å²) in [5.74, 6) is -0.560. The molecule has 96 valence electrons. The van der Waals surface area contributed by atoms with Gasteiger partial charge in [-0.25, -0.2) is 0 Å². The highest BCUT2D eigenvalue weighted by Gasteiger charge is 2.49. The first-order valence-corrected chi connectivity index (χ1v) is 5.65. The van der Waals surface area contributed by atoms with Crippen molar-refractivity contribution >= 4 is 0 Å². The second-order valence-electron chi connectivity index (χ2n) is 5.10. The fourth-order valence-corrected chi connectivity index (χ4v) is 2.18. The molecule has 5 heteroatoms. The summed E-state index contributed by atoms with van der Waals surface area (Å²) >= 11 is 0. The Morgan fingerprint density at radius 3 is 2.12 bits per heavy atom. The van der Waals surface area contributed by atoms with Gasteiger partial charge in [-0.05, 0) is 5.41 Å². The van der Waals surface area contributed by atoms with Crippen molar-refractivity contribution in [1.82, 2.24) is 0 Å². The standard InChI is InChI=1S/C11H22O5/c1-4-11(2,3)7-9(14)8(13)6(5-12)16-10(7)15/h6-10,12-15H,4-5H2,1-3H3/t6-,7?,8-,9-,10+/m0/s1. The molecule has 0 aliphatic carbocycles. The molecule has 1 fully saturated rings. The molecule has 5 atom stereocenters. The second-order valence-corrected chi connectivity index (χ2v) is 5.10. The summed E-state index contributed by atoms with van der Waals surface area (Å²) < 4.78 is 5.11. The summed E-state index contributed by atoms with van der Waals surface area (Å²) in [6, 6.07) is 0. The molecule has 0 radical (unpaired) electrons. The van der Waals surface area contributed by atoms with Gasteiger partial charge in [0.15, 0.2) is 6.29 Å². The van der Waals surface area contributed by atoms with E-state index in [1.807, 2.05) is 20.8 Å². The number of ether oxygens (including phenoxy) is 1. The van der Waals surface area contributed by atoms with Crippen LogP contribution >= 0.6 is 0 Å². The minimum Gasteiger partial charge on any atom is -0.394 e. The molecule has 4 N–H and O–H groups in total.